The minimum atomic E-state index is -1.09. The van der Waals surface area contributed by atoms with E-state index in [1.54, 1.807) is 25.1 Å². The number of aromatic carboxylic acids is 1. The zero-order valence-corrected chi connectivity index (χ0v) is 12.2. The monoisotopic (exact) mass is 338 g/mol. The van der Waals surface area contributed by atoms with Crippen molar-refractivity contribution in [2.45, 2.75) is 6.92 Å². The number of carboxylic acid groups (broad SMARTS) is 1. The number of carboxylic acids is 1. The topological polar surface area (TPSA) is 75.3 Å². The molecule has 0 bridgehead atoms. The number of anilines is 3. The summed E-state index contributed by atoms with van der Waals surface area (Å²) in [6.07, 6.45) is 0. The molecule has 0 saturated carbocycles. The van der Waals surface area contributed by atoms with Crippen molar-refractivity contribution in [2.24, 2.45) is 0 Å². The summed E-state index contributed by atoms with van der Waals surface area (Å²) in [6.45, 7) is 1.73. The summed E-state index contributed by atoms with van der Waals surface area (Å²) in [5, 5.41) is 12.1. The minimum Gasteiger partial charge on any atom is -0.478 e. The summed E-state index contributed by atoms with van der Waals surface area (Å²) in [7, 11) is 0. The molecule has 0 spiro atoms. The number of aryl methyl sites for hydroxylation is 1. The van der Waals surface area contributed by atoms with E-state index in [1.165, 1.54) is 12.1 Å². The standard InChI is InChI=1S/C14H12BrFN2O2/c1-7-4-9(5-10(13(7)17)14(19)20)18-8-2-3-12(16)11(15)6-8/h2-6,18H,17H2,1H3,(H,19,20). The number of nitrogens with two attached hydrogens (primary N) is 1. The molecule has 6 heteroatoms. The fraction of sp³-hybridized carbons (Fsp3) is 0.0714. The minimum absolute atomic E-state index is 0.0358. The number of hydrogen-bond acceptors (Lipinski definition) is 3. The molecule has 0 fully saturated rings. The highest BCUT2D eigenvalue weighted by Crippen LogP contribution is 2.27. The fourth-order valence-electron chi connectivity index (χ4n) is 1.79. The van der Waals surface area contributed by atoms with Crippen LogP contribution in [-0.4, -0.2) is 11.1 Å². The maximum Gasteiger partial charge on any atom is 0.337 e. The summed E-state index contributed by atoms with van der Waals surface area (Å²) < 4.78 is 13.5. The van der Waals surface area contributed by atoms with Crippen molar-refractivity contribution < 1.29 is 14.3 Å². The lowest BCUT2D eigenvalue weighted by Crippen LogP contribution is -2.05. The van der Waals surface area contributed by atoms with Crippen LogP contribution in [0.1, 0.15) is 15.9 Å². The van der Waals surface area contributed by atoms with Gasteiger partial charge in [0.2, 0.25) is 0 Å². The third-order valence-electron chi connectivity index (χ3n) is 2.83. The Morgan fingerprint density at radius 1 is 1.30 bits per heavy atom. The Morgan fingerprint density at radius 2 is 2.00 bits per heavy atom. The number of hydrogen-bond donors (Lipinski definition) is 3. The Hall–Kier alpha value is -2.08. The second kappa shape index (κ2) is 5.50. The quantitative estimate of drug-likeness (QED) is 0.741. The lowest BCUT2D eigenvalue weighted by molar-refractivity contribution is 0.0698. The number of rotatable bonds is 3. The highest BCUT2D eigenvalue weighted by atomic mass is 79.9. The molecule has 2 aromatic rings. The smallest absolute Gasteiger partial charge is 0.337 e. The van der Waals surface area contributed by atoms with Crippen LogP contribution in [0.3, 0.4) is 0 Å². The highest BCUT2D eigenvalue weighted by Gasteiger charge is 2.12. The van der Waals surface area contributed by atoms with Crippen molar-refractivity contribution in [3.8, 4) is 0 Å². The molecule has 0 aromatic heterocycles. The van der Waals surface area contributed by atoms with Crippen molar-refractivity contribution in [3.05, 3.63) is 51.7 Å². The second-order valence-corrected chi connectivity index (χ2v) is 5.17. The first kappa shape index (κ1) is 14.3. The lowest BCUT2D eigenvalue weighted by atomic mass is 10.1. The predicted molar refractivity (Wildman–Crippen MR) is 79.9 cm³/mol. The van der Waals surface area contributed by atoms with Gasteiger partial charge in [0, 0.05) is 17.1 Å². The van der Waals surface area contributed by atoms with E-state index in [0.29, 0.717) is 21.4 Å². The van der Waals surface area contributed by atoms with E-state index < -0.39 is 5.97 Å². The normalized spacial score (nSPS) is 10.3. The van der Waals surface area contributed by atoms with Gasteiger partial charge < -0.3 is 16.2 Å². The van der Waals surface area contributed by atoms with Gasteiger partial charge in [0.25, 0.3) is 0 Å². The zero-order valence-electron chi connectivity index (χ0n) is 10.6. The van der Waals surface area contributed by atoms with Crippen LogP contribution < -0.4 is 11.1 Å². The molecule has 104 valence electrons. The molecule has 0 aliphatic rings. The third kappa shape index (κ3) is 2.91. The van der Waals surface area contributed by atoms with Crippen molar-refractivity contribution in [1.29, 1.82) is 0 Å². The molecule has 2 aromatic carbocycles. The number of halogens is 2. The molecule has 0 aliphatic carbocycles. The molecule has 4 N–H and O–H groups in total. The Balaban J connectivity index is 2.38. The first-order chi connectivity index (χ1) is 9.38. The van der Waals surface area contributed by atoms with Crippen LogP contribution in [-0.2, 0) is 0 Å². The molecular formula is C14H12BrFN2O2. The van der Waals surface area contributed by atoms with E-state index in [-0.39, 0.29) is 17.1 Å². The zero-order chi connectivity index (χ0) is 14.9. The Morgan fingerprint density at radius 3 is 2.60 bits per heavy atom. The molecule has 0 atom stereocenters. The van der Waals surface area contributed by atoms with E-state index in [4.69, 9.17) is 10.8 Å². The SMILES string of the molecule is Cc1cc(Nc2ccc(F)c(Br)c2)cc(C(=O)O)c1N. The van der Waals surface area contributed by atoms with Gasteiger partial charge in [0.1, 0.15) is 5.82 Å². The van der Waals surface area contributed by atoms with E-state index >= 15 is 0 Å². The molecule has 20 heavy (non-hydrogen) atoms. The second-order valence-electron chi connectivity index (χ2n) is 4.31. The van der Waals surface area contributed by atoms with Gasteiger partial charge in [-0.1, -0.05) is 0 Å². The van der Waals surface area contributed by atoms with Crippen LogP contribution in [0.5, 0.6) is 0 Å². The van der Waals surface area contributed by atoms with Gasteiger partial charge in [-0.05, 0) is 58.7 Å². The Bertz CT molecular complexity index is 689. The van der Waals surface area contributed by atoms with Gasteiger partial charge in [0.05, 0.1) is 10.0 Å². The van der Waals surface area contributed by atoms with Gasteiger partial charge in [-0.25, -0.2) is 9.18 Å². The van der Waals surface area contributed by atoms with Crippen LogP contribution >= 0.6 is 15.9 Å². The van der Waals surface area contributed by atoms with Crippen LogP contribution in [0.25, 0.3) is 0 Å². The first-order valence-corrected chi connectivity index (χ1v) is 6.53. The molecule has 4 nitrogen and oxygen atoms in total. The molecular weight excluding hydrogens is 327 g/mol. The molecule has 0 heterocycles. The predicted octanol–water partition coefficient (Wildman–Crippen LogP) is 3.92. The van der Waals surface area contributed by atoms with Gasteiger partial charge >= 0.3 is 5.97 Å². The van der Waals surface area contributed by atoms with E-state index in [0.717, 1.165) is 0 Å². The highest BCUT2D eigenvalue weighted by molar-refractivity contribution is 9.10. The summed E-state index contributed by atoms with van der Waals surface area (Å²) >= 11 is 3.09. The van der Waals surface area contributed by atoms with E-state index in [2.05, 4.69) is 21.2 Å². The first-order valence-electron chi connectivity index (χ1n) is 5.74. The van der Waals surface area contributed by atoms with Crippen LogP contribution in [0, 0.1) is 12.7 Å². The summed E-state index contributed by atoms with van der Waals surface area (Å²) in [5.41, 5.74) is 7.87. The van der Waals surface area contributed by atoms with Gasteiger partial charge in [-0.3, -0.25) is 0 Å². The number of nitrogens with one attached hydrogen (secondary N) is 1. The average molecular weight is 339 g/mol. The number of nitrogen functional groups attached to an aromatic ring is 1. The number of carbonyl (C=O) groups is 1. The summed E-state index contributed by atoms with van der Waals surface area (Å²) in [4.78, 5) is 11.1. The largest absolute Gasteiger partial charge is 0.478 e. The molecule has 0 unspecified atom stereocenters. The molecule has 0 radical (unpaired) electrons. The van der Waals surface area contributed by atoms with Crippen LogP contribution in [0.4, 0.5) is 21.5 Å². The van der Waals surface area contributed by atoms with Crippen LogP contribution in [0.2, 0.25) is 0 Å². The van der Waals surface area contributed by atoms with Crippen molar-refractivity contribution in [2.75, 3.05) is 11.1 Å². The molecule has 0 amide bonds. The van der Waals surface area contributed by atoms with Gasteiger partial charge in [-0.2, -0.15) is 0 Å². The molecule has 0 saturated heterocycles. The van der Waals surface area contributed by atoms with Crippen molar-refractivity contribution in [3.63, 3.8) is 0 Å². The Kier molecular flexibility index (Phi) is 3.94. The van der Waals surface area contributed by atoms with Crippen molar-refractivity contribution >= 4 is 39.0 Å². The third-order valence-corrected chi connectivity index (χ3v) is 3.43. The molecule has 2 rings (SSSR count). The van der Waals surface area contributed by atoms with E-state index in [1.807, 2.05) is 0 Å². The van der Waals surface area contributed by atoms with Gasteiger partial charge in [0.15, 0.2) is 0 Å². The fourth-order valence-corrected chi connectivity index (χ4v) is 2.17. The van der Waals surface area contributed by atoms with Crippen molar-refractivity contribution in [1.82, 2.24) is 0 Å². The van der Waals surface area contributed by atoms with Gasteiger partial charge in [-0.15, -0.1) is 0 Å². The van der Waals surface area contributed by atoms with Crippen LogP contribution in [0.15, 0.2) is 34.8 Å². The number of benzene rings is 2. The maximum absolute atomic E-state index is 13.2. The summed E-state index contributed by atoms with van der Waals surface area (Å²) in [5.74, 6) is -1.45. The average Bonchev–Trinajstić information content (AvgIpc) is 2.37. The molecule has 0 aliphatic heterocycles. The maximum atomic E-state index is 13.2. The Labute approximate surface area is 123 Å². The lowest BCUT2D eigenvalue weighted by Gasteiger charge is -2.11. The summed E-state index contributed by atoms with van der Waals surface area (Å²) in [6, 6.07) is 7.63. The van der Waals surface area contributed by atoms with E-state index in [9.17, 15) is 9.18 Å².